The van der Waals surface area contributed by atoms with Crippen molar-refractivity contribution in [2.24, 2.45) is 0 Å². The number of Topliss-reactive ketones (excluding diaryl/α,β-unsaturated/α-hetero) is 1. The number of rotatable bonds is 4. The molecule has 0 unspecified atom stereocenters. The summed E-state index contributed by atoms with van der Waals surface area (Å²) in [7, 11) is 1.64. The Kier molecular flexibility index (Phi) is 3.23. The Hall–Kier alpha value is -2.10. The molecule has 0 amide bonds. The zero-order valence-corrected chi connectivity index (χ0v) is 9.86. The number of methoxy groups -OCH3 is 1. The molecule has 1 heterocycles. The fourth-order valence-electron chi connectivity index (χ4n) is 1.57. The van der Waals surface area contributed by atoms with Crippen LogP contribution in [0.15, 0.2) is 30.5 Å². The first-order valence-corrected chi connectivity index (χ1v) is 5.37. The van der Waals surface area contributed by atoms with Crippen LogP contribution in [0.5, 0.6) is 5.75 Å². The Bertz CT molecular complexity index is 514. The van der Waals surface area contributed by atoms with E-state index < -0.39 is 0 Å². The van der Waals surface area contributed by atoms with Crippen LogP contribution in [-0.4, -0.2) is 22.9 Å². The summed E-state index contributed by atoms with van der Waals surface area (Å²) in [6, 6.07) is 7.78. The van der Waals surface area contributed by atoms with Crippen molar-refractivity contribution in [1.29, 1.82) is 0 Å². The molecule has 4 nitrogen and oxygen atoms in total. The monoisotopic (exact) mass is 230 g/mol. The second-order valence-corrected chi connectivity index (χ2v) is 3.82. The molecule has 0 fully saturated rings. The van der Waals surface area contributed by atoms with Crippen molar-refractivity contribution in [1.82, 2.24) is 9.97 Å². The summed E-state index contributed by atoms with van der Waals surface area (Å²) in [6.07, 6.45) is 2.25. The minimum atomic E-state index is -0.00141. The number of imidazole rings is 1. The highest BCUT2D eigenvalue weighted by molar-refractivity contribution is 5.91. The lowest BCUT2D eigenvalue weighted by atomic mass is 10.1. The first-order chi connectivity index (χ1) is 8.19. The number of H-pyrrole nitrogens is 1. The van der Waals surface area contributed by atoms with Crippen molar-refractivity contribution in [2.45, 2.75) is 13.3 Å². The number of carbonyl (C=O) groups excluding carboxylic acids is 1. The molecule has 0 bridgehead atoms. The normalized spacial score (nSPS) is 10.2. The Morgan fingerprint density at radius 1 is 1.35 bits per heavy atom. The van der Waals surface area contributed by atoms with Gasteiger partial charge in [-0.25, -0.2) is 4.98 Å². The van der Waals surface area contributed by atoms with E-state index in [1.54, 1.807) is 13.3 Å². The molecule has 2 aromatic rings. The van der Waals surface area contributed by atoms with Crippen LogP contribution in [0.25, 0.3) is 0 Å². The predicted octanol–water partition coefficient (Wildman–Crippen LogP) is 2.21. The quantitative estimate of drug-likeness (QED) is 0.819. The standard InChI is InChI=1S/C13H14N2O2/c1-9(16)12-8-14-13(15-12)7-10-3-5-11(17-2)6-4-10/h3-6,8H,7H2,1-2H3,(H,14,15). The summed E-state index contributed by atoms with van der Waals surface area (Å²) >= 11 is 0. The van der Waals surface area contributed by atoms with Crippen molar-refractivity contribution >= 4 is 5.78 Å². The number of carbonyl (C=O) groups is 1. The second kappa shape index (κ2) is 4.82. The van der Waals surface area contributed by atoms with Crippen LogP contribution in [-0.2, 0) is 6.42 Å². The van der Waals surface area contributed by atoms with Gasteiger partial charge in [0.15, 0.2) is 5.78 Å². The van der Waals surface area contributed by atoms with Crippen LogP contribution in [0, 0.1) is 0 Å². The molecule has 0 spiro atoms. The van der Waals surface area contributed by atoms with E-state index in [1.165, 1.54) is 6.92 Å². The fraction of sp³-hybridized carbons (Fsp3) is 0.231. The summed E-state index contributed by atoms with van der Waals surface area (Å²) in [5.41, 5.74) is 1.67. The maximum atomic E-state index is 11.1. The Labute approximate surface area is 99.7 Å². The predicted molar refractivity (Wildman–Crippen MR) is 64.4 cm³/mol. The Morgan fingerprint density at radius 2 is 2.06 bits per heavy atom. The molecular weight excluding hydrogens is 216 g/mol. The molecule has 1 aromatic heterocycles. The van der Waals surface area contributed by atoms with Gasteiger partial charge in [-0.2, -0.15) is 0 Å². The van der Waals surface area contributed by atoms with E-state index in [1.807, 2.05) is 24.3 Å². The molecule has 88 valence electrons. The maximum absolute atomic E-state index is 11.1. The number of nitrogens with one attached hydrogen (secondary N) is 1. The van der Waals surface area contributed by atoms with E-state index in [9.17, 15) is 4.79 Å². The van der Waals surface area contributed by atoms with Crippen LogP contribution >= 0.6 is 0 Å². The van der Waals surface area contributed by atoms with E-state index >= 15 is 0 Å². The van der Waals surface area contributed by atoms with E-state index in [-0.39, 0.29) is 5.78 Å². The van der Waals surface area contributed by atoms with Crippen LogP contribution in [0.4, 0.5) is 0 Å². The molecule has 4 heteroatoms. The highest BCUT2D eigenvalue weighted by Crippen LogP contribution is 2.13. The maximum Gasteiger partial charge on any atom is 0.177 e. The molecule has 17 heavy (non-hydrogen) atoms. The van der Waals surface area contributed by atoms with Gasteiger partial charge in [-0.3, -0.25) is 4.79 Å². The molecule has 0 aliphatic carbocycles. The number of benzene rings is 1. The van der Waals surface area contributed by atoms with Gasteiger partial charge in [-0.05, 0) is 17.7 Å². The fourth-order valence-corrected chi connectivity index (χ4v) is 1.57. The third-order valence-electron chi connectivity index (χ3n) is 2.54. The number of nitrogens with zero attached hydrogens (tertiary/aromatic N) is 1. The largest absolute Gasteiger partial charge is 0.497 e. The highest BCUT2D eigenvalue weighted by Gasteiger charge is 2.05. The zero-order valence-electron chi connectivity index (χ0n) is 9.86. The second-order valence-electron chi connectivity index (χ2n) is 3.82. The van der Waals surface area contributed by atoms with Gasteiger partial charge in [0.05, 0.1) is 13.3 Å². The highest BCUT2D eigenvalue weighted by atomic mass is 16.5. The van der Waals surface area contributed by atoms with Gasteiger partial charge in [0, 0.05) is 13.3 Å². The molecule has 0 saturated carbocycles. The van der Waals surface area contributed by atoms with Crippen LogP contribution in [0.1, 0.15) is 28.8 Å². The molecule has 0 atom stereocenters. The van der Waals surface area contributed by atoms with E-state index in [4.69, 9.17) is 4.74 Å². The van der Waals surface area contributed by atoms with Crippen LogP contribution in [0.3, 0.4) is 0 Å². The summed E-state index contributed by atoms with van der Waals surface area (Å²) in [5.74, 6) is 1.62. The lowest BCUT2D eigenvalue weighted by Gasteiger charge is -2.01. The Morgan fingerprint density at radius 3 is 2.59 bits per heavy atom. The Balaban J connectivity index is 2.11. The SMILES string of the molecule is COc1ccc(Cc2ncc(C(C)=O)[nH]2)cc1. The number of ether oxygens (including phenoxy) is 1. The average molecular weight is 230 g/mol. The number of aromatic amines is 1. The summed E-state index contributed by atoms with van der Waals surface area (Å²) in [4.78, 5) is 18.3. The molecule has 2 rings (SSSR count). The van der Waals surface area contributed by atoms with E-state index in [0.29, 0.717) is 12.1 Å². The minimum absolute atomic E-state index is 0.00141. The van der Waals surface area contributed by atoms with Gasteiger partial charge < -0.3 is 9.72 Å². The molecular formula is C13H14N2O2. The van der Waals surface area contributed by atoms with Crippen LogP contribution in [0.2, 0.25) is 0 Å². The summed E-state index contributed by atoms with van der Waals surface area (Å²) < 4.78 is 5.09. The zero-order chi connectivity index (χ0) is 12.3. The van der Waals surface area contributed by atoms with Crippen molar-refractivity contribution < 1.29 is 9.53 Å². The number of hydrogen-bond donors (Lipinski definition) is 1. The molecule has 1 aromatic carbocycles. The van der Waals surface area contributed by atoms with Gasteiger partial charge in [-0.1, -0.05) is 12.1 Å². The van der Waals surface area contributed by atoms with Crippen LogP contribution < -0.4 is 4.74 Å². The third kappa shape index (κ3) is 2.72. The van der Waals surface area contributed by atoms with Gasteiger partial charge in [-0.15, -0.1) is 0 Å². The van der Waals surface area contributed by atoms with Gasteiger partial charge in [0.1, 0.15) is 17.3 Å². The van der Waals surface area contributed by atoms with Gasteiger partial charge >= 0.3 is 0 Å². The molecule has 0 saturated heterocycles. The summed E-state index contributed by atoms with van der Waals surface area (Å²) in [5, 5.41) is 0. The van der Waals surface area contributed by atoms with E-state index in [0.717, 1.165) is 17.1 Å². The number of ketones is 1. The topological polar surface area (TPSA) is 55.0 Å². The smallest absolute Gasteiger partial charge is 0.177 e. The number of hydrogen-bond acceptors (Lipinski definition) is 3. The van der Waals surface area contributed by atoms with Crippen molar-refractivity contribution in [2.75, 3.05) is 7.11 Å². The van der Waals surface area contributed by atoms with E-state index in [2.05, 4.69) is 9.97 Å². The van der Waals surface area contributed by atoms with Crippen molar-refractivity contribution in [3.05, 3.63) is 47.5 Å². The average Bonchev–Trinajstić information content (AvgIpc) is 2.79. The summed E-state index contributed by atoms with van der Waals surface area (Å²) in [6.45, 7) is 1.52. The molecule has 0 aliphatic rings. The lowest BCUT2D eigenvalue weighted by Crippen LogP contribution is -1.94. The van der Waals surface area contributed by atoms with Gasteiger partial charge in [0.2, 0.25) is 0 Å². The number of aromatic nitrogens is 2. The third-order valence-corrected chi connectivity index (χ3v) is 2.54. The first-order valence-electron chi connectivity index (χ1n) is 5.37. The van der Waals surface area contributed by atoms with Crippen molar-refractivity contribution in [3.63, 3.8) is 0 Å². The lowest BCUT2D eigenvalue weighted by molar-refractivity contribution is 0.101. The van der Waals surface area contributed by atoms with Gasteiger partial charge in [0.25, 0.3) is 0 Å². The minimum Gasteiger partial charge on any atom is -0.497 e. The van der Waals surface area contributed by atoms with Crippen molar-refractivity contribution in [3.8, 4) is 5.75 Å². The molecule has 1 N–H and O–H groups in total. The molecule has 0 radical (unpaired) electrons. The first kappa shape index (κ1) is 11.4. The molecule has 0 aliphatic heterocycles.